The second kappa shape index (κ2) is 9.51. The van der Waals surface area contributed by atoms with E-state index in [4.69, 9.17) is 14.3 Å². The van der Waals surface area contributed by atoms with Gasteiger partial charge in [-0.1, -0.05) is 19.1 Å². The lowest BCUT2D eigenvalue weighted by Crippen LogP contribution is -2.32. The number of aryl methyl sites for hydroxylation is 2. The van der Waals surface area contributed by atoms with Crippen LogP contribution in [0.1, 0.15) is 42.9 Å². The van der Waals surface area contributed by atoms with Crippen LogP contribution in [0.25, 0.3) is 0 Å². The van der Waals surface area contributed by atoms with Gasteiger partial charge in [0.1, 0.15) is 5.75 Å². The lowest BCUT2D eigenvalue weighted by molar-refractivity contribution is 0.0494. The molecule has 1 N–H and O–H groups in total. The molecule has 29 heavy (non-hydrogen) atoms. The van der Waals surface area contributed by atoms with Gasteiger partial charge in [0, 0.05) is 18.8 Å². The van der Waals surface area contributed by atoms with E-state index in [1.165, 1.54) is 11.1 Å². The molecule has 0 aromatic heterocycles. The molecule has 0 atom stereocenters. The first kappa shape index (κ1) is 20.0. The van der Waals surface area contributed by atoms with Crippen LogP contribution in [-0.4, -0.2) is 31.5 Å². The number of benzene rings is 2. The molecule has 2 aliphatic heterocycles. The van der Waals surface area contributed by atoms with Gasteiger partial charge in [0.2, 0.25) is 0 Å². The van der Waals surface area contributed by atoms with Crippen molar-refractivity contribution in [3.05, 3.63) is 53.1 Å². The van der Waals surface area contributed by atoms with Gasteiger partial charge in [-0.05, 0) is 73.4 Å². The summed E-state index contributed by atoms with van der Waals surface area (Å²) >= 11 is 0. The van der Waals surface area contributed by atoms with E-state index in [2.05, 4.69) is 25.1 Å². The maximum atomic E-state index is 9.83. The summed E-state index contributed by atoms with van der Waals surface area (Å²) in [6.45, 7) is 5.25. The molecule has 2 aliphatic rings. The monoisotopic (exact) mass is 397 g/mol. The standard InChI is InChI=1S/C24H31NO4/c1-2-18-5-7-23-20(14-18)4-3-11-25(23)29-22-6-8-24(21(15-22)16-26)28-17-19-9-12-27-13-10-19/h5-8,14-15,19,26H,2-4,9-13,16-17H2,1H3. The summed E-state index contributed by atoms with van der Waals surface area (Å²) in [5.74, 6) is 1.97. The number of ether oxygens (including phenoxy) is 2. The Kier molecular flexibility index (Phi) is 6.57. The number of nitrogens with zero attached hydrogens (tertiary/aromatic N) is 1. The van der Waals surface area contributed by atoms with E-state index in [1.54, 1.807) is 0 Å². The molecule has 1 fully saturated rings. The van der Waals surface area contributed by atoms with E-state index >= 15 is 0 Å². The first-order chi connectivity index (χ1) is 14.3. The quantitative estimate of drug-likeness (QED) is 0.755. The molecule has 2 aromatic rings. The number of hydroxylamine groups is 1. The Morgan fingerprint density at radius 1 is 1.14 bits per heavy atom. The topological polar surface area (TPSA) is 51.2 Å². The number of aliphatic hydroxyl groups is 1. The maximum Gasteiger partial charge on any atom is 0.155 e. The average Bonchev–Trinajstić information content (AvgIpc) is 2.78. The highest BCUT2D eigenvalue weighted by Gasteiger charge is 2.20. The zero-order chi connectivity index (χ0) is 20.1. The molecule has 0 spiro atoms. The van der Waals surface area contributed by atoms with E-state index in [9.17, 15) is 5.11 Å². The largest absolute Gasteiger partial charge is 0.493 e. The Morgan fingerprint density at radius 2 is 2.00 bits per heavy atom. The minimum Gasteiger partial charge on any atom is -0.493 e. The Hall–Kier alpha value is -2.24. The summed E-state index contributed by atoms with van der Waals surface area (Å²) in [5.41, 5.74) is 4.60. The Balaban J connectivity index is 1.44. The summed E-state index contributed by atoms with van der Waals surface area (Å²) in [6.07, 6.45) is 5.26. The fourth-order valence-electron chi connectivity index (χ4n) is 4.06. The molecule has 2 aromatic carbocycles. The van der Waals surface area contributed by atoms with Crippen molar-refractivity contribution in [2.24, 2.45) is 5.92 Å². The number of hydrogen-bond donors (Lipinski definition) is 1. The van der Waals surface area contributed by atoms with Gasteiger partial charge in [-0.2, -0.15) is 0 Å². The Labute approximate surface area is 173 Å². The van der Waals surface area contributed by atoms with E-state index < -0.39 is 0 Å². The summed E-state index contributed by atoms with van der Waals surface area (Å²) in [7, 11) is 0. The maximum absolute atomic E-state index is 9.83. The first-order valence-corrected chi connectivity index (χ1v) is 10.8. The molecule has 1 saturated heterocycles. The lowest BCUT2D eigenvalue weighted by atomic mass is 10.00. The number of hydrogen-bond acceptors (Lipinski definition) is 5. The molecule has 0 saturated carbocycles. The minimum absolute atomic E-state index is 0.0727. The molecule has 5 heteroatoms. The van der Waals surface area contributed by atoms with Crippen LogP contribution < -0.4 is 14.6 Å². The van der Waals surface area contributed by atoms with E-state index in [-0.39, 0.29) is 6.61 Å². The lowest BCUT2D eigenvalue weighted by Gasteiger charge is -2.31. The zero-order valence-electron chi connectivity index (χ0n) is 17.2. The van der Waals surface area contributed by atoms with Crippen LogP contribution >= 0.6 is 0 Å². The van der Waals surface area contributed by atoms with Crippen LogP contribution in [0, 0.1) is 5.92 Å². The van der Waals surface area contributed by atoms with Crippen molar-refractivity contribution >= 4 is 5.69 Å². The molecule has 4 rings (SSSR count). The van der Waals surface area contributed by atoms with Crippen molar-refractivity contribution in [2.45, 2.75) is 45.6 Å². The van der Waals surface area contributed by atoms with Gasteiger partial charge in [0.15, 0.2) is 5.75 Å². The van der Waals surface area contributed by atoms with Crippen molar-refractivity contribution in [2.75, 3.05) is 31.4 Å². The van der Waals surface area contributed by atoms with Gasteiger partial charge < -0.3 is 19.4 Å². The molecule has 5 nitrogen and oxygen atoms in total. The van der Waals surface area contributed by atoms with Crippen LogP contribution in [0.5, 0.6) is 11.5 Å². The van der Waals surface area contributed by atoms with Gasteiger partial charge >= 0.3 is 0 Å². The molecule has 0 radical (unpaired) electrons. The third-order valence-corrected chi connectivity index (χ3v) is 5.86. The van der Waals surface area contributed by atoms with Crippen LogP contribution in [0.15, 0.2) is 36.4 Å². The van der Waals surface area contributed by atoms with E-state index in [0.29, 0.717) is 12.5 Å². The highest BCUT2D eigenvalue weighted by molar-refractivity contribution is 5.56. The summed E-state index contributed by atoms with van der Waals surface area (Å²) in [4.78, 5) is 6.20. The smallest absolute Gasteiger partial charge is 0.155 e. The van der Waals surface area contributed by atoms with Crippen molar-refractivity contribution in [3.63, 3.8) is 0 Å². The molecular formula is C24H31NO4. The van der Waals surface area contributed by atoms with E-state index in [1.807, 2.05) is 23.3 Å². The highest BCUT2D eigenvalue weighted by atomic mass is 16.7. The van der Waals surface area contributed by atoms with Crippen LogP contribution in [-0.2, 0) is 24.2 Å². The molecule has 0 aliphatic carbocycles. The van der Waals surface area contributed by atoms with Gasteiger partial charge in [0.25, 0.3) is 0 Å². The van der Waals surface area contributed by atoms with Gasteiger partial charge in [-0.15, -0.1) is 0 Å². The second-order valence-corrected chi connectivity index (χ2v) is 7.91. The number of anilines is 1. The number of rotatable bonds is 7. The third-order valence-electron chi connectivity index (χ3n) is 5.86. The predicted molar refractivity (Wildman–Crippen MR) is 114 cm³/mol. The normalized spacial score (nSPS) is 17.1. The highest BCUT2D eigenvalue weighted by Crippen LogP contribution is 2.31. The van der Waals surface area contributed by atoms with Crippen molar-refractivity contribution in [3.8, 4) is 11.5 Å². The van der Waals surface area contributed by atoms with Crippen molar-refractivity contribution in [1.29, 1.82) is 0 Å². The molecule has 0 bridgehead atoms. The van der Waals surface area contributed by atoms with Gasteiger partial charge in [-0.25, -0.2) is 5.06 Å². The number of aliphatic hydroxyl groups excluding tert-OH is 1. The van der Waals surface area contributed by atoms with Crippen molar-refractivity contribution in [1.82, 2.24) is 0 Å². The minimum atomic E-state index is -0.0727. The van der Waals surface area contributed by atoms with E-state index in [0.717, 1.165) is 74.6 Å². The number of fused-ring (bicyclic) bond motifs is 1. The Morgan fingerprint density at radius 3 is 2.79 bits per heavy atom. The molecule has 0 amide bonds. The first-order valence-electron chi connectivity index (χ1n) is 10.8. The summed E-state index contributed by atoms with van der Waals surface area (Å²) in [6, 6.07) is 12.3. The zero-order valence-corrected chi connectivity index (χ0v) is 17.2. The third kappa shape index (κ3) is 4.85. The Bertz CT molecular complexity index is 817. The molecule has 0 unspecified atom stereocenters. The van der Waals surface area contributed by atoms with Gasteiger partial charge in [-0.3, -0.25) is 0 Å². The fraction of sp³-hybridized carbons (Fsp3) is 0.500. The second-order valence-electron chi connectivity index (χ2n) is 7.91. The summed E-state index contributed by atoms with van der Waals surface area (Å²) in [5, 5.41) is 11.8. The van der Waals surface area contributed by atoms with Crippen LogP contribution in [0.2, 0.25) is 0 Å². The van der Waals surface area contributed by atoms with Crippen LogP contribution in [0.3, 0.4) is 0 Å². The van der Waals surface area contributed by atoms with Crippen molar-refractivity contribution < 1.29 is 19.4 Å². The molecule has 156 valence electrons. The summed E-state index contributed by atoms with van der Waals surface area (Å²) < 4.78 is 11.4. The molecule has 2 heterocycles. The predicted octanol–water partition coefficient (Wildman–Crippen LogP) is 4.29. The fourth-order valence-corrected chi connectivity index (χ4v) is 4.06. The van der Waals surface area contributed by atoms with Gasteiger partial charge in [0.05, 0.1) is 25.4 Å². The average molecular weight is 398 g/mol. The van der Waals surface area contributed by atoms with Crippen LogP contribution in [0.4, 0.5) is 5.69 Å². The molecular weight excluding hydrogens is 366 g/mol. The SMILES string of the molecule is CCc1ccc2c(c1)CCCN2Oc1ccc(OCC2CCOCC2)c(CO)c1.